The summed E-state index contributed by atoms with van der Waals surface area (Å²) >= 11 is 0. The molecule has 0 bridgehead atoms. The van der Waals surface area contributed by atoms with Gasteiger partial charge in [-0.05, 0) is 45.9 Å². The number of hydrogen-bond donors (Lipinski definition) is 2. The van der Waals surface area contributed by atoms with Gasteiger partial charge in [-0.3, -0.25) is 14.8 Å². The van der Waals surface area contributed by atoms with Gasteiger partial charge in [0.05, 0.1) is 6.54 Å². The number of ether oxygens (including phenoxy) is 1. The Kier molecular flexibility index (Phi) is 5.74. The first-order valence-corrected chi connectivity index (χ1v) is 7.96. The van der Waals surface area contributed by atoms with Crippen LogP contribution >= 0.6 is 0 Å². The van der Waals surface area contributed by atoms with Gasteiger partial charge in [0.15, 0.2) is 0 Å². The van der Waals surface area contributed by atoms with Gasteiger partial charge in [-0.2, -0.15) is 5.10 Å². The van der Waals surface area contributed by atoms with Crippen molar-refractivity contribution in [2.45, 2.75) is 45.9 Å². The molecule has 0 aliphatic carbocycles. The summed E-state index contributed by atoms with van der Waals surface area (Å²) in [5, 5.41) is 9.51. The molecule has 8 nitrogen and oxygen atoms in total. The molecule has 0 saturated carbocycles. The Balaban J connectivity index is 1.95. The summed E-state index contributed by atoms with van der Waals surface area (Å²) in [6.07, 6.45) is 2.47. The van der Waals surface area contributed by atoms with E-state index in [1.54, 1.807) is 56.0 Å². The maximum atomic E-state index is 12.4. The highest BCUT2D eigenvalue weighted by molar-refractivity contribution is 5.96. The highest BCUT2D eigenvalue weighted by Crippen LogP contribution is 2.14. The largest absolute Gasteiger partial charge is 0.444 e. The lowest BCUT2D eigenvalue weighted by Crippen LogP contribution is -2.35. The van der Waals surface area contributed by atoms with Crippen molar-refractivity contribution in [1.29, 1.82) is 0 Å². The van der Waals surface area contributed by atoms with Crippen LogP contribution in [0.4, 0.5) is 10.5 Å². The summed E-state index contributed by atoms with van der Waals surface area (Å²) in [5.41, 5.74) is 0.348. The normalized spacial score (nSPS) is 12.3. The maximum absolute atomic E-state index is 12.4. The lowest BCUT2D eigenvalue weighted by Gasteiger charge is -2.20. The van der Waals surface area contributed by atoms with E-state index >= 15 is 0 Å². The number of carbonyl (C=O) groups excluding carboxylic acids is 2. The smallest absolute Gasteiger partial charge is 0.412 e. The number of nitrogens with one attached hydrogen (secondary N) is 2. The van der Waals surface area contributed by atoms with E-state index in [-0.39, 0.29) is 11.9 Å². The molecular formula is C17H23N5O3. The third kappa shape index (κ3) is 6.25. The van der Waals surface area contributed by atoms with Crippen LogP contribution in [0.25, 0.3) is 0 Å². The molecule has 0 radical (unpaired) electrons. The van der Waals surface area contributed by atoms with Crippen LogP contribution in [0.1, 0.15) is 38.1 Å². The van der Waals surface area contributed by atoms with Gasteiger partial charge in [-0.15, -0.1) is 0 Å². The predicted molar refractivity (Wildman–Crippen MR) is 93.2 cm³/mol. The average Bonchev–Trinajstić information content (AvgIpc) is 2.98. The van der Waals surface area contributed by atoms with Gasteiger partial charge in [-0.1, -0.05) is 6.07 Å². The lowest BCUT2D eigenvalue weighted by molar-refractivity contribution is 0.0635. The lowest BCUT2D eigenvalue weighted by atomic mass is 10.1. The van der Waals surface area contributed by atoms with Crippen molar-refractivity contribution in [3.8, 4) is 0 Å². The fraction of sp³-hybridized carbons (Fsp3) is 0.412. The van der Waals surface area contributed by atoms with E-state index in [9.17, 15) is 9.59 Å². The fourth-order valence-corrected chi connectivity index (χ4v) is 2.12. The van der Waals surface area contributed by atoms with E-state index < -0.39 is 11.7 Å². The van der Waals surface area contributed by atoms with E-state index in [1.165, 1.54) is 6.33 Å². The van der Waals surface area contributed by atoms with Gasteiger partial charge < -0.3 is 10.1 Å². The van der Waals surface area contributed by atoms with Crippen LogP contribution in [-0.2, 0) is 11.3 Å². The summed E-state index contributed by atoms with van der Waals surface area (Å²) < 4.78 is 6.84. The van der Waals surface area contributed by atoms with Crippen LogP contribution < -0.4 is 10.6 Å². The second-order valence-corrected chi connectivity index (χ2v) is 6.70. The molecule has 0 saturated heterocycles. The zero-order valence-electron chi connectivity index (χ0n) is 14.8. The zero-order chi connectivity index (χ0) is 18.4. The molecule has 1 aromatic heterocycles. The van der Waals surface area contributed by atoms with E-state index in [4.69, 9.17) is 4.74 Å². The van der Waals surface area contributed by atoms with Gasteiger partial charge in [0.2, 0.25) is 0 Å². The second kappa shape index (κ2) is 7.78. The van der Waals surface area contributed by atoms with Crippen molar-refractivity contribution in [2.24, 2.45) is 0 Å². The van der Waals surface area contributed by atoms with Crippen LogP contribution in [-0.4, -0.2) is 38.4 Å². The molecule has 0 aliphatic heterocycles. The monoisotopic (exact) mass is 345 g/mol. The Bertz CT molecular complexity index is 722. The molecule has 2 N–H and O–H groups in total. The number of benzene rings is 1. The van der Waals surface area contributed by atoms with E-state index in [2.05, 4.69) is 20.7 Å². The number of aromatic nitrogens is 3. The minimum absolute atomic E-state index is 0.128. The first kappa shape index (κ1) is 18.4. The van der Waals surface area contributed by atoms with Crippen LogP contribution in [0.15, 0.2) is 36.9 Å². The minimum atomic E-state index is -0.587. The maximum Gasteiger partial charge on any atom is 0.412 e. The SMILES string of the molecule is CC(Cn1cncn1)NC(=O)c1cccc(NC(=O)OC(C)(C)C)c1. The second-order valence-electron chi connectivity index (χ2n) is 6.70. The third-order valence-corrected chi connectivity index (χ3v) is 3.08. The molecule has 1 atom stereocenters. The van der Waals surface area contributed by atoms with Crippen molar-refractivity contribution in [3.05, 3.63) is 42.5 Å². The molecule has 0 spiro atoms. The van der Waals surface area contributed by atoms with Crippen molar-refractivity contribution >= 4 is 17.7 Å². The third-order valence-electron chi connectivity index (χ3n) is 3.08. The summed E-state index contributed by atoms with van der Waals surface area (Å²) in [6.45, 7) is 7.75. The van der Waals surface area contributed by atoms with Crippen LogP contribution in [0.3, 0.4) is 0 Å². The predicted octanol–water partition coefficient (Wildman–Crippen LogP) is 2.44. The van der Waals surface area contributed by atoms with Crippen molar-refractivity contribution < 1.29 is 14.3 Å². The summed E-state index contributed by atoms with van der Waals surface area (Å²) in [5.74, 6) is -0.236. The van der Waals surface area contributed by atoms with Crippen LogP contribution in [0.5, 0.6) is 0 Å². The number of rotatable bonds is 5. The number of amides is 2. The Hall–Kier alpha value is -2.90. The molecule has 8 heteroatoms. The summed E-state index contributed by atoms with van der Waals surface area (Å²) in [4.78, 5) is 28.0. The Labute approximate surface area is 146 Å². The number of carbonyl (C=O) groups is 2. The minimum Gasteiger partial charge on any atom is -0.444 e. The van der Waals surface area contributed by atoms with Crippen molar-refractivity contribution in [3.63, 3.8) is 0 Å². The molecule has 1 aromatic carbocycles. The standard InChI is InChI=1S/C17H23N5O3/c1-12(9-22-11-18-10-19-22)20-15(23)13-6-5-7-14(8-13)21-16(24)25-17(2,3)4/h5-8,10-12H,9H2,1-4H3,(H,20,23)(H,21,24). The molecule has 2 aromatic rings. The average molecular weight is 345 g/mol. The van der Waals surface area contributed by atoms with Gasteiger partial charge in [0.1, 0.15) is 18.3 Å². The Morgan fingerprint density at radius 1 is 1.32 bits per heavy atom. The van der Waals surface area contributed by atoms with Gasteiger partial charge in [0.25, 0.3) is 5.91 Å². The number of hydrogen-bond acceptors (Lipinski definition) is 5. The quantitative estimate of drug-likeness (QED) is 0.867. The number of nitrogens with zero attached hydrogens (tertiary/aromatic N) is 3. The van der Waals surface area contributed by atoms with E-state index in [1.807, 2.05) is 6.92 Å². The molecular weight excluding hydrogens is 322 g/mol. The first-order chi connectivity index (χ1) is 11.7. The van der Waals surface area contributed by atoms with Crippen molar-refractivity contribution in [2.75, 3.05) is 5.32 Å². The molecule has 2 amide bonds. The van der Waals surface area contributed by atoms with Crippen LogP contribution in [0, 0.1) is 0 Å². The molecule has 134 valence electrons. The first-order valence-electron chi connectivity index (χ1n) is 7.96. The molecule has 1 heterocycles. The van der Waals surface area contributed by atoms with Crippen molar-refractivity contribution in [1.82, 2.24) is 20.1 Å². The van der Waals surface area contributed by atoms with E-state index in [0.717, 1.165) is 0 Å². The fourth-order valence-electron chi connectivity index (χ4n) is 2.12. The molecule has 25 heavy (non-hydrogen) atoms. The highest BCUT2D eigenvalue weighted by atomic mass is 16.6. The number of anilines is 1. The Morgan fingerprint density at radius 2 is 2.08 bits per heavy atom. The summed E-state index contributed by atoms with van der Waals surface area (Å²) in [7, 11) is 0. The van der Waals surface area contributed by atoms with E-state index in [0.29, 0.717) is 17.8 Å². The van der Waals surface area contributed by atoms with Gasteiger partial charge in [0, 0.05) is 17.3 Å². The molecule has 2 rings (SSSR count). The summed E-state index contributed by atoms with van der Waals surface area (Å²) in [6, 6.07) is 6.54. The Morgan fingerprint density at radius 3 is 2.72 bits per heavy atom. The zero-order valence-corrected chi connectivity index (χ0v) is 14.8. The molecule has 0 aliphatic rings. The highest BCUT2D eigenvalue weighted by Gasteiger charge is 2.17. The topological polar surface area (TPSA) is 98.1 Å². The van der Waals surface area contributed by atoms with Gasteiger partial charge >= 0.3 is 6.09 Å². The van der Waals surface area contributed by atoms with Gasteiger partial charge in [-0.25, -0.2) is 9.78 Å². The molecule has 1 unspecified atom stereocenters. The van der Waals surface area contributed by atoms with Crippen LogP contribution in [0.2, 0.25) is 0 Å². The molecule has 0 fully saturated rings.